The summed E-state index contributed by atoms with van der Waals surface area (Å²) in [5, 5.41) is 0. The van der Waals surface area contributed by atoms with E-state index in [4.69, 9.17) is 0 Å². The fourth-order valence-electron chi connectivity index (χ4n) is 6.66. The van der Waals surface area contributed by atoms with Crippen LogP contribution >= 0.6 is 0 Å². The lowest BCUT2D eigenvalue weighted by Crippen LogP contribution is -1.99. The van der Waals surface area contributed by atoms with Crippen LogP contribution in [0.4, 0.5) is 0 Å². The van der Waals surface area contributed by atoms with Gasteiger partial charge in [-0.15, -0.1) is 0 Å². The average Bonchev–Trinajstić information content (AvgIpc) is 3.88. The van der Waals surface area contributed by atoms with E-state index in [1.807, 2.05) is 80.6 Å². The van der Waals surface area contributed by atoms with E-state index in [1.54, 1.807) is 6.92 Å². The SMILES string of the molecule is C1=CC2CCC1C2.C1=CCCCC1.C1=CCCCC1.C1CCCCC1.CC.CC(=O)c1ccccc1.CC1CCCCC1.c1ccccc1. The van der Waals surface area contributed by atoms with Crippen molar-refractivity contribution >= 4 is 5.78 Å². The first-order valence-electron chi connectivity index (χ1n) is 20.7. The van der Waals surface area contributed by atoms with Gasteiger partial charge in [0.15, 0.2) is 5.78 Å². The molecule has 3 fully saturated rings. The third-order valence-electron chi connectivity index (χ3n) is 9.73. The molecule has 0 aromatic heterocycles. The van der Waals surface area contributed by atoms with Gasteiger partial charge in [-0.3, -0.25) is 4.79 Å². The number of fused-ring (bicyclic) bond motifs is 2. The molecule has 0 spiro atoms. The fourth-order valence-corrected chi connectivity index (χ4v) is 6.66. The topological polar surface area (TPSA) is 17.1 Å². The molecule has 1 heteroatoms. The Balaban J connectivity index is 0.000000285. The Morgan fingerprint density at radius 3 is 0.980 bits per heavy atom. The van der Waals surface area contributed by atoms with Crippen molar-refractivity contribution in [2.75, 3.05) is 0 Å². The second-order valence-electron chi connectivity index (χ2n) is 14.2. The summed E-state index contributed by atoms with van der Waals surface area (Å²) in [5.41, 5.74) is 0.775. The molecule has 2 aromatic carbocycles. The zero-order chi connectivity index (χ0) is 35.5. The Kier molecular flexibility index (Phi) is 30.6. The molecule has 0 heterocycles. The molecule has 6 aliphatic rings. The molecule has 274 valence electrons. The summed E-state index contributed by atoms with van der Waals surface area (Å²) in [4.78, 5) is 10.6. The molecule has 0 saturated heterocycles. The summed E-state index contributed by atoms with van der Waals surface area (Å²) < 4.78 is 0. The highest BCUT2D eigenvalue weighted by Gasteiger charge is 2.25. The number of hydrogen-bond acceptors (Lipinski definition) is 1. The van der Waals surface area contributed by atoms with Gasteiger partial charge in [-0.1, -0.05) is 195 Å². The Labute approximate surface area is 305 Å². The van der Waals surface area contributed by atoms with Crippen LogP contribution in [0.3, 0.4) is 0 Å². The van der Waals surface area contributed by atoms with Gasteiger partial charge in [0.25, 0.3) is 0 Å². The lowest BCUT2D eigenvalue weighted by molar-refractivity contribution is 0.101. The second kappa shape index (κ2) is 33.8. The minimum atomic E-state index is 0.121. The van der Waals surface area contributed by atoms with E-state index in [0.29, 0.717) is 0 Å². The van der Waals surface area contributed by atoms with Gasteiger partial charge >= 0.3 is 0 Å². The molecule has 8 rings (SSSR count). The molecule has 1 nitrogen and oxygen atoms in total. The number of carbonyl (C=O) groups excluding carboxylic acids is 1. The van der Waals surface area contributed by atoms with Crippen LogP contribution in [-0.4, -0.2) is 5.78 Å². The van der Waals surface area contributed by atoms with E-state index in [0.717, 1.165) is 23.3 Å². The number of allylic oxidation sites excluding steroid dienone is 6. The molecule has 49 heavy (non-hydrogen) atoms. The van der Waals surface area contributed by atoms with E-state index < -0.39 is 0 Å². The molecular formula is C48H76O. The van der Waals surface area contributed by atoms with Crippen LogP contribution < -0.4 is 0 Å². The van der Waals surface area contributed by atoms with Crippen molar-refractivity contribution in [3.05, 3.63) is 109 Å². The van der Waals surface area contributed by atoms with Crippen LogP contribution in [0.2, 0.25) is 0 Å². The highest BCUT2D eigenvalue weighted by molar-refractivity contribution is 5.93. The minimum absolute atomic E-state index is 0.121. The van der Waals surface area contributed by atoms with Gasteiger partial charge in [0.2, 0.25) is 0 Å². The van der Waals surface area contributed by atoms with Gasteiger partial charge in [-0.2, -0.15) is 0 Å². The summed E-state index contributed by atoms with van der Waals surface area (Å²) in [6.07, 6.45) is 45.6. The predicted molar refractivity (Wildman–Crippen MR) is 219 cm³/mol. The highest BCUT2D eigenvalue weighted by atomic mass is 16.1. The Bertz CT molecular complexity index is 955. The molecule has 0 radical (unpaired) electrons. The Hall–Kier alpha value is -2.67. The molecule has 0 amide bonds. The van der Waals surface area contributed by atoms with E-state index in [-0.39, 0.29) is 5.78 Å². The van der Waals surface area contributed by atoms with Crippen LogP contribution in [0.15, 0.2) is 103 Å². The van der Waals surface area contributed by atoms with E-state index in [2.05, 4.69) is 43.4 Å². The largest absolute Gasteiger partial charge is 0.295 e. The van der Waals surface area contributed by atoms with Gasteiger partial charge in [-0.25, -0.2) is 0 Å². The quantitative estimate of drug-likeness (QED) is 0.218. The Morgan fingerprint density at radius 2 is 0.796 bits per heavy atom. The molecular weight excluding hydrogens is 593 g/mol. The molecule has 0 N–H and O–H groups in total. The molecule has 0 aliphatic heterocycles. The van der Waals surface area contributed by atoms with Gasteiger partial charge in [0.05, 0.1) is 0 Å². The predicted octanol–water partition coefficient (Wildman–Crippen LogP) is 15.7. The number of benzene rings is 2. The van der Waals surface area contributed by atoms with E-state index in [9.17, 15) is 4.79 Å². The van der Waals surface area contributed by atoms with Crippen molar-refractivity contribution in [1.82, 2.24) is 0 Å². The smallest absolute Gasteiger partial charge is 0.159 e. The first kappa shape index (κ1) is 44.4. The number of ketones is 1. The van der Waals surface area contributed by atoms with Crippen molar-refractivity contribution in [1.29, 1.82) is 0 Å². The third-order valence-corrected chi connectivity index (χ3v) is 9.73. The number of carbonyl (C=O) groups is 1. The second-order valence-corrected chi connectivity index (χ2v) is 14.2. The standard InChI is InChI=1S/C8H8O.C7H10.C7H14.C6H12.2C6H10.C6H6.C2H6/c1-7(9)8-5-3-2-4-6-8;1-2-7-4-3-6(1)5-7;1-7-5-3-2-4-6-7;4*1-2-4-6-5-3-1;1-2/h2-6H,1H3;1-2,6-7H,3-5H2;7H,2-6H2,1H3;1-6H2;2*1-2H,3-6H2;1-6H;1-2H3. The Morgan fingerprint density at radius 1 is 0.469 bits per heavy atom. The summed E-state index contributed by atoms with van der Waals surface area (Å²) >= 11 is 0. The highest BCUT2D eigenvalue weighted by Crippen LogP contribution is 2.38. The number of rotatable bonds is 1. The van der Waals surface area contributed by atoms with Crippen molar-refractivity contribution in [2.45, 2.75) is 169 Å². The van der Waals surface area contributed by atoms with Gasteiger partial charge in [0.1, 0.15) is 0 Å². The normalized spacial score (nSPS) is 21.1. The molecule has 2 unspecified atom stereocenters. The monoisotopic (exact) mass is 669 g/mol. The zero-order valence-electron chi connectivity index (χ0n) is 32.5. The summed E-state index contributed by atoms with van der Waals surface area (Å²) in [5.74, 6) is 3.14. The lowest BCUT2D eigenvalue weighted by atomic mass is 9.91. The molecule has 6 aliphatic carbocycles. The number of Topliss-reactive ketones (excluding diaryl/α,β-unsaturated/α-hetero) is 1. The maximum atomic E-state index is 10.6. The van der Waals surface area contributed by atoms with Crippen LogP contribution in [0.5, 0.6) is 0 Å². The minimum Gasteiger partial charge on any atom is -0.295 e. The zero-order valence-corrected chi connectivity index (χ0v) is 32.5. The van der Waals surface area contributed by atoms with Crippen molar-refractivity contribution in [3.63, 3.8) is 0 Å². The molecule has 3 saturated carbocycles. The van der Waals surface area contributed by atoms with Crippen LogP contribution in [0.1, 0.15) is 179 Å². The van der Waals surface area contributed by atoms with Crippen molar-refractivity contribution < 1.29 is 4.79 Å². The molecule has 2 aromatic rings. The summed E-state index contributed by atoms with van der Waals surface area (Å²) in [6, 6.07) is 21.2. The summed E-state index contributed by atoms with van der Waals surface area (Å²) in [7, 11) is 0. The van der Waals surface area contributed by atoms with Gasteiger partial charge < -0.3 is 0 Å². The lowest BCUT2D eigenvalue weighted by Gasteiger charge is -2.15. The maximum absolute atomic E-state index is 10.6. The summed E-state index contributed by atoms with van der Waals surface area (Å²) in [6.45, 7) is 7.93. The van der Waals surface area contributed by atoms with E-state index in [1.165, 1.54) is 141 Å². The van der Waals surface area contributed by atoms with Gasteiger partial charge in [-0.05, 0) is 95.3 Å². The first-order chi connectivity index (χ1) is 24.1. The van der Waals surface area contributed by atoms with Crippen LogP contribution in [0.25, 0.3) is 0 Å². The third kappa shape index (κ3) is 27.8. The maximum Gasteiger partial charge on any atom is 0.159 e. The van der Waals surface area contributed by atoms with Gasteiger partial charge in [0, 0.05) is 5.56 Å². The molecule has 2 bridgehead atoms. The van der Waals surface area contributed by atoms with Crippen molar-refractivity contribution in [2.24, 2.45) is 17.8 Å². The molecule has 2 atom stereocenters. The number of hydrogen-bond donors (Lipinski definition) is 0. The fraction of sp³-hybridized carbons (Fsp3) is 0.604. The average molecular weight is 669 g/mol. The van der Waals surface area contributed by atoms with Crippen LogP contribution in [-0.2, 0) is 0 Å². The van der Waals surface area contributed by atoms with Crippen LogP contribution in [0, 0.1) is 17.8 Å². The van der Waals surface area contributed by atoms with E-state index >= 15 is 0 Å². The first-order valence-corrected chi connectivity index (χ1v) is 20.7. The van der Waals surface area contributed by atoms with Crippen molar-refractivity contribution in [3.8, 4) is 0 Å².